The molecule has 0 fully saturated rings. The maximum absolute atomic E-state index is 10.4. The third-order valence-electron chi connectivity index (χ3n) is 1.78. The van der Waals surface area contributed by atoms with Crippen molar-refractivity contribution in [3.05, 3.63) is 39.9 Å². The molecule has 1 aromatic rings. The van der Waals surface area contributed by atoms with E-state index in [0.29, 0.717) is 0 Å². The van der Waals surface area contributed by atoms with Crippen molar-refractivity contribution >= 4 is 28.0 Å². The van der Waals surface area contributed by atoms with E-state index in [1.54, 1.807) is 34.4 Å². The molecule has 3 nitrogen and oxygen atoms in total. The molecule has 0 amide bonds. The summed E-state index contributed by atoms with van der Waals surface area (Å²) in [6, 6.07) is 6.73. The molecule has 4 heteroatoms. The Kier molecular flexibility index (Phi) is 2.94. The van der Waals surface area contributed by atoms with Crippen LogP contribution in [-0.2, 0) is 3.46 Å². The van der Waals surface area contributed by atoms with Gasteiger partial charge in [-0.25, -0.2) is 0 Å². The third kappa shape index (κ3) is 2.68. The molecular formula is C9H11NO2Te. The molecule has 0 aromatic heterocycles. The van der Waals surface area contributed by atoms with Crippen LogP contribution in [0.5, 0.6) is 0 Å². The van der Waals surface area contributed by atoms with Crippen LogP contribution < -0.4 is 0 Å². The van der Waals surface area contributed by atoms with E-state index in [1.165, 1.54) is 0 Å². The van der Waals surface area contributed by atoms with Gasteiger partial charge >= 0.3 is 90.2 Å². The summed E-state index contributed by atoms with van der Waals surface area (Å²) < 4.78 is 0.101. The van der Waals surface area contributed by atoms with E-state index in [4.69, 9.17) is 0 Å². The maximum atomic E-state index is 10.4. The molecule has 0 aliphatic heterocycles. The molecule has 0 atom stereocenters. The number of hydrogen-bond acceptors (Lipinski definition) is 2. The fourth-order valence-electron chi connectivity index (χ4n) is 0.991. The molecule has 0 aliphatic rings. The van der Waals surface area contributed by atoms with Crippen molar-refractivity contribution in [3.8, 4) is 0 Å². The van der Waals surface area contributed by atoms with Crippen LogP contribution in [0.4, 0.5) is 5.69 Å². The van der Waals surface area contributed by atoms with Gasteiger partial charge in [0.05, 0.1) is 0 Å². The Morgan fingerprint density at radius 3 is 2.08 bits per heavy atom. The molecule has 0 heterocycles. The van der Waals surface area contributed by atoms with Gasteiger partial charge in [0.1, 0.15) is 0 Å². The standard InChI is InChI=1S/C9H11NO2Te/c1-9(2,13)7-3-5-8(6-4-7)10(11)12/h3-6,13H,1-2H3. The summed E-state index contributed by atoms with van der Waals surface area (Å²) in [5.74, 6) is 0. The summed E-state index contributed by atoms with van der Waals surface area (Å²) >= 11 is 1.70. The molecule has 0 saturated heterocycles. The summed E-state index contributed by atoms with van der Waals surface area (Å²) in [5, 5.41) is 10.4. The SMILES string of the molecule is CC(C)([TeH])c1ccc([N+](=O)[O-])cc1. The van der Waals surface area contributed by atoms with Gasteiger partial charge in [-0.3, -0.25) is 0 Å². The van der Waals surface area contributed by atoms with Gasteiger partial charge in [-0.1, -0.05) is 0 Å². The van der Waals surface area contributed by atoms with Crippen molar-refractivity contribution in [2.45, 2.75) is 17.3 Å². The van der Waals surface area contributed by atoms with E-state index in [-0.39, 0.29) is 14.1 Å². The van der Waals surface area contributed by atoms with Gasteiger partial charge in [-0.05, 0) is 0 Å². The van der Waals surface area contributed by atoms with Crippen LogP contribution in [0, 0.1) is 10.1 Å². The predicted octanol–water partition coefficient (Wildman–Crippen LogP) is 1.73. The van der Waals surface area contributed by atoms with Crippen LogP contribution in [0.1, 0.15) is 19.4 Å². The van der Waals surface area contributed by atoms with Crippen LogP contribution in [0.3, 0.4) is 0 Å². The summed E-state index contributed by atoms with van der Waals surface area (Å²) in [6.07, 6.45) is 0. The Morgan fingerprint density at radius 1 is 1.31 bits per heavy atom. The molecule has 0 N–H and O–H groups in total. The molecule has 1 aromatic carbocycles. The first-order valence-electron chi connectivity index (χ1n) is 3.88. The minimum atomic E-state index is -0.378. The van der Waals surface area contributed by atoms with Gasteiger partial charge in [0, 0.05) is 0 Å². The molecule has 0 unspecified atom stereocenters. The van der Waals surface area contributed by atoms with Gasteiger partial charge in [0.25, 0.3) is 0 Å². The molecule has 0 aliphatic carbocycles. The number of nitrogens with zero attached hydrogens (tertiary/aromatic N) is 1. The fraction of sp³-hybridized carbons (Fsp3) is 0.333. The van der Waals surface area contributed by atoms with Gasteiger partial charge in [0.15, 0.2) is 0 Å². The Balaban J connectivity index is 3.01. The molecule has 0 radical (unpaired) electrons. The van der Waals surface area contributed by atoms with E-state index in [1.807, 2.05) is 12.1 Å². The van der Waals surface area contributed by atoms with Crippen LogP contribution in [0.15, 0.2) is 24.3 Å². The number of nitro groups is 1. The van der Waals surface area contributed by atoms with Crippen LogP contribution in [-0.4, -0.2) is 27.2 Å². The molecule has 70 valence electrons. The monoisotopic (exact) mass is 295 g/mol. The van der Waals surface area contributed by atoms with Crippen LogP contribution in [0.25, 0.3) is 0 Å². The first kappa shape index (κ1) is 10.5. The quantitative estimate of drug-likeness (QED) is 0.473. The minimum absolute atomic E-state index is 0.101. The molecule has 0 bridgehead atoms. The van der Waals surface area contributed by atoms with Gasteiger partial charge in [0.2, 0.25) is 0 Å². The van der Waals surface area contributed by atoms with Crippen molar-refractivity contribution in [2.75, 3.05) is 0 Å². The van der Waals surface area contributed by atoms with E-state index >= 15 is 0 Å². The number of nitro benzene ring substituents is 1. The zero-order chi connectivity index (χ0) is 10.1. The number of non-ortho nitro benzene ring substituents is 1. The number of benzene rings is 1. The van der Waals surface area contributed by atoms with Gasteiger partial charge < -0.3 is 0 Å². The molecule has 0 saturated carbocycles. The summed E-state index contributed by atoms with van der Waals surface area (Å²) in [6.45, 7) is 4.20. The van der Waals surface area contributed by atoms with Crippen LogP contribution in [0.2, 0.25) is 0 Å². The Labute approximate surface area is 90.2 Å². The first-order chi connectivity index (χ1) is 5.91. The second-order valence-electron chi connectivity index (χ2n) is 3.36. The average molecular weight is 293 g/mol. The summed E-state index contributed by atoms with van der Waals surface area (Å²) in [4.78, 5) is 9.99. The second kappa shape index (κ2) is 3.65. The van der Waals surface area contributed by atoms with E-state index in [2.05, 4.69) is 13.8 Å². The third-order valence-corrected chi connectivity index (χ3v) is 2.52. The summed E-state index contributed by atoms with van der Waals surface area (Å²) in [5.41, 5.74) is 1.28. The molecule has 1 rings (SSSR count). The van der Waals surface area contributed by atoms with Gasteiger partial charge in [-0.15, -0.1) is 0 Å². The Hall–Kier alpha value is -0.590. The Bertz CT molecular complexity index is 313. The van der Waals surface area contributed by atoms with Crippen molar-refractivity contribution in [3.63, 3.8) is 0 Å². The molecule has 0 spiro atoms. The van der Waals surface area contributed by atoms with E-state index in [9.17, 15) is 10.1 Å². The van der Waals surface area contributed by atoms with E-state index in [0.717, 1.165) is 5.56 Å². The number of hydrogen-bond donors (Lipinski definition) is 0. The number of rotatable bonds is 2. The second-order valence-corrected chi connectivity index (χ2v) is 6.55. The molecular weight excluding hydrogens is 282 g/mol. The topological polar surface area (TPSA) is 43.1 Å². The summed E-state index contributed by atoms with van der Waals surface area (Å²) in [7, 11) is 0. The average Bonchev–Trinajstić information content (AvgIpc) is 2.03. The zero-order valence-corrected chi connectivity index (χ0v) is 10.1. The zero-order valence-electron chi connectivity index (χ0n) is 7.52. The van der Waals surface area contributed by atoms with Crippen molar-refractivity contribution in [2.24, 2.45) is 0 Å². The van der Waals surface area contributed by atoms with Crippen molar-refractivity contribution in [1.29, 1.82) is 0 Å². The fourth-order valence-corrected chi connectivity index (χ4v) is 1.42. The molecule has 13 heavy (non-hydrogen) atoms. The van der Waals surface area contributed by atoms with Gasteiger partial charge in [-0.2, -0.15) is 0 Å². The van der Waals surface area contributed by atoms with E-state index < -0.39 is 0 Å². The van der Waals surface area contributed by atoms with Crippen molar-refractivity contribution < 1.29 is 4.92 Å². The predicted molar refractivity (Wildman–Crippen MR) is 53.3 cm³/mol. The first-order valence-corrected chi connectivity index (χ1v) is 5.16. The normalized spacial score (nSPS) is 11.3. The van der Waals surface area contributed by atoms with Crippen LogP contribution >= 0.6 is 0 Å². The van der Waals surface area contributed by atoms with Crippen molar-refractivity contribution in [1.82, 2.24) is 0 Å². The Morgan fingerprint density at radius 2 is 1.77 bits per heavy atom.